The van der Waals surface area contributed by atoms with Gasteiger partial charge in [0.15, 0.2) is 11.6 Å². The first-order valence-electron chi connectivity index (χ1n) is 19.7. The van der Waals surface area contributed by atoms with Crippen LogP contribution in [-0.2, 0) is 36.9 Å². The smallest absolute Gasteiger partial charge is 0.219 e. The zero-order valence-corrected chi connectivity index (χ0v) is 42.1. The highest BCUT2D eigenvalue weighted by molar-refractivity contribution is 9.11. The van der Waals surface area contributed by atoms with Crippen molar-refractivity contribution in [2.45, 2.75) is 53.0 Å². The number of hydrazine groups is 1. The van der Waals surface area contributed by atoms with E-state index in [1.54, 1.807) is 16.7 Å². The number of ketones is 2. The number of carbonyl (C=O) groups is 5. The van der Waals surface area contributed by atoms with E-state index in [0.717, 1.165) is 65.6 Å². The second kappa shape index (κ2) is 28.4. The number of likely N-dealkylation sites (tertiary alicyclic amines) is 2. The summed E-state index contributed by atoms with van der Waals surface area (Å²) in [5.74, 6) is 5.52. The minimum Gasteiger partial charge on any atom is -0.350 e. The van der Waals surface area contributed by atoms with E-state index in [9.17, 15) is 24.0 Å². The van der Waals surface area contributed by atoms with Crippen molar-refractivity contribution in [2.75, 3.05) is 49.6 Å². The highest BCUT2D eigenvalue weighted by Crippen LogP contribution is 2.29. The summed E-state index contributed by atoms with van der Waals surface area (Å²) in [5, 5.41) is 24.2. The number of nitrogens with zero attached hydrogens (tertiary/aromatic N) is 5. The molecule has 64 heavy (non-hydrogen) atoms. The van der Waals surface area contributed by atoms with Gasteiger partial charge in [-0.2, -0.15) is 10.1 Å². The van der Waals surface area contributed by atoms with Gasteiger partial charge >= 0.3 is 0 Å². The van der Waals surface area contributed by atoms with E-state index < -0.39 is 0 Å². The van der Waals surface area contributed by atoms with Gasteiger partial charge in [0.1, 0.15) is 5.78 Å². The Morgan fingerprint density at radius 2 is 1.31 bits per heavy atom. The van der Waals surface area contributed by atoms with Crippen LogP contribution < -0.4 is 22.1 Å². The second-order valence-electron chi connectivity index (χ2n) is 14.0. The molecule has 7 rings (SSSR count). The van der Waals surface area contributed by atoms with Crippen LogP contribution in [0.2, 0.25) is 0 Å². The quantitative estimate of drug-likeness (QED) is 0.0353. The van der Waals surface area contributed by atoms with Gasteiger partial charge in [0.05, 0.1) is 29.0 Å². The van der Waals surface area contributed by atoms with Gasteiger partial charge < -0.3 is 30.5 Å². The largest absolute Gasteiger partial charge is 0.350 e. The zero-order valence-electron chi connectivity index (χ0n) is 35.8. The molecular formula is C43H51Br3N10O6S2. The summed E-state index contributed by atoms with van der Waals surface area (Å²) in [5.41, 5.74) is 6.82. The van der Waals surface area contributed by atoms with Gasteiger partial charge in [-0.05, 0) is 73.1 Å². The Kier molecular flexibility index (Phi) is 23.8. The first-order chi connectivity index (χ1) is 30.6. The lowest BCUT2D eigenvalue weighted by Gasteiger charge is -2.28. The molecule has 7 N–H and O–H groups in total. The van der Waals surface area contributed by atoms with Crippen LogP contribution >= 0.6 is 71.8 Å². The van der Waals surface area contributed by atoms with Gasteiger partial charge in [-0.15, -0.1) is 17.4 Å². The predicted molar refractivity (Wildman–Crippen MR) is 265 cm³/mol. The highest BCUT2D eigenvalue weighted by atomic mass is 79.9. The molecule has 4 heterocycles. The van der Waals surface area contributed by atoms with Crippen molar-refractivity contribution < 1.29 is 29.2 Å². The Morgan fingerprint density at radius 3 is 1.86 bits per heavy atom. The lowest BCUT2D eigenvalue weighted by atomic mass is 10.0. The number of nitrogens with two attached hydrogens (primary N) is 1. The molecule has 2 saturated heterocycles. The Balaban J connectivity index is 0.000000233. The normalized spacial score (nSPS) is 14.8. The molecule has 4 aromatic rings. The highest BCUT2D eigenvalue weighted by Gasteiger charge is 2.26. The van der Waals surface area contributed by atoms with Crippen LogP contribution in [-0.4, -0.2) is 104 Å². The van der Waals surface area contributed by atoms with Crippen molar-refractivity contribution in [3.8, 4) is 0 Å². The van der Waals surface area contributed by atoms with Crippen LogP contribution in [0.25, 0.3) is 0 Å². The SMILES string of the molecule is CC(=O)N1CCC(=O)CC1.CC(=O)N1CCc2[nH]nc(Nc3cccc(Br)c3)c2C1.CS/C(Nc1cccc(Br)c1)=C1/CN(C(C)=O)CCC1=O.NNO.S=C=Nc1cccc(Br)c1. The molecule has 2 fully saturated rings. The maximum atomic E-state index is 12.2. The van der Waals surface area contributed by atoms with Gasteiger partial charge in [0, 0.05) is 114 Å². The van der Waals surface area contributed by atoms with Crippen LogP contribution in [0.15, 0.2) is 102 Å². The minimum absolute atomic E-state index is 0.00269. The fraction of sp³-hybridized carbons (Fsp3) is 0.326. The van der Waals surface area contributed by atoms with Crippen molar-refractivity contribution in [1.82, 2.24) is 30.5 Å². The van der Waals surface area contributed by atoms with Crippen molar-refractivity contribution in [2.24, 2.45) is 10.8 Å². The summed E-state index contributed by atoms with van der Waals surface area (Å²) in [6, 6.07) is 23.3. The van der Waals surface area contributed by atoms with Crippen molar-refractivity contribution in [1.29, 1.82) is 0 Å². The zero-order chi connectivity index (χ0) is 47.2. The van der Waals surface area contributed by atoms with E-state index in [1.165, 1.54) is 31.2 Å². The maximum Gasteiger partial charge on any atom is 0.219 e. The van der Waals surface area contributed by atoms with Crippen LogP contribution in [0.1, 0.15) is 51.3 Å². The third-order valence-electron chi connectivity index (χ3n) is 9.52. The number of nitrogens with one attached hydrogen (secondary N) is 4. The molecule has 1 aromatic heterocycles. The molecule has 3 aromatic carbocycles. The molecule has 0 unspecified atom stereocenters. The topological polar surface area (TPSA) is 218 Å². The van der Waals surface area contributed by atoms with Crippen LogP contribution in [0.5, 0.6) is 0 Å². The summed E-state index contributed by atoms with van der Waals surface area (Å²) >= 11 is 16.1. The van der Waals surface area contributed by atoms with Gasteiger partial charge in [-0.25, -0.2) is 5.84 Å². The monoisotopic (exact) mass is 1100 g/mol. The van der Waals surface area contributed by atoms with E-state index in [4.69, 9.17) is 5.21 Å². The molecule has 3 aliphatic rings. The molecule has 0 radical (unpaired) electrons. The summed E-state index contributed by atoms with van der Waals surface area (Å²) in [6.45, 7) is 8.17. The van der Waals surface area contributed by atoms with E-state index in [2.05, 4.69) is 96.8 Å². The number of thioether (sulfide) groups is 1. The van der Waals surface area contributed by atoms with Gasteiger partial charge in [-0.1, -0.05) is 66.0 Å². The number of amides is 3. The number of aromatic nitrogens is 2. The number of aromatic amines is 1. The summed E-state index contributed by atoms with van der Waals surface area (Å²) in [4.78, 5) is 65.7. The number of anilines is 3. The molecule has 3 aliphatic heterocycles. The summed E-state index contributed by atoms with van der Waals surface area (Å²) in [6.07, 6.45) is 4.22. The predicted octanol–water partition coefficient (Wildman–Crippen LogP) is 8.30. The number of aliphatic imine (C=N–C) groups is 1. The lowest BCUT2D eigenvalue weighted by molar-refractivity contribution is -0.133. The van der Waals surface area contributed by atoms with Crippen molar-refractivity contribution >= 4 is 129 Å². The number of isothiocyanates is 1. The molecule has 0 aliphatic carbocycles. The number of hydrogen-bond acceptors (Lipinski definition) is 14. The molecule has 342 valence electrons. The average molecular weight is 1110 g/mol. The first-order valence-corrected chi connectivity index (χ1v) is 23.7. The van der Waals surface area contributed by atoms with E-state index in [-0.39, 0.29) is 29.3 Å². The number of thiocarbonyl (C=S) groups is 1. The number of rotatable bonds is 6. The Bertz CT molecular complexity index is 2320. The van der Waals surface area contributed by atoms with E-state index in [0.29, 0.717) is 57.6 Å². The number of halogens is 3. The third-order valence-corrected chi connectivity index (χ3v) is 11.8. The molecule has 0 saturated carbocycles. The Labute approximate surface area is 407 Å². The molecule has 0 spiro atoms. The van der Waals surface area contributed by atoms with E-state index >= 15 is 0 Å². The molecular weight excluding hydrogens is 1060 g/mol. The molecule has 0 atom stereocenters. The first kappa shape index (κ1) is 53.8. The van der Waals surface area contributed by atoms with Crippen molar-refractivity contribution in [3.05, 3.63) is 108 Å². The second-order valence-corrected chi connectivity index (χ2v) is 17.7. The lowest BCUT2D eigenvalue weighted by Crippen LogP contribution is -2.39. The molecule has 21 heteroatoms. The Morgan fingerprint density at radius 1 is 0.797 bits per heavy atom. The molecule has 0 bridgehead atoms. The Hall–Kier alpha value is -4.57. The number of carbonyl (C=O) groups excluding carboxylic acids is 5. The van der Waals surface area contributed by atoms with Gasteiger partial charge in [0.25, 0.3) is 0 Å². The summed E-state index contributed by atoms with van der Waals surface area (Å²) < 4.78 is 2.98. The number of fused-ring (bicyclic) bond motifs is 1. The van der Waals surface area contributed by atoms with Crippen LogP contribution in [0.3, 0.4) is 0 Å². The summed E-state index contributed by atoms with van der Waals surface area (Å²) in [7, 11) is 0. The standard InChI is InChI=1S/C15H17BrN2O2S.C14H15BrN4O.C7H4BrNS.C7H11NO2.H4N2O/c1-10(19)18-7-6-14(20)13(9-18)15(21-2)17-12-5-3-4-11(16)8-12;1-9(20)19-6-5-13-12(8-19)14(18-17-13)16-11-4-2-3-10(15)7-11;8-6-2-1-3-7(4-6)9-5-10;1-6(9)8-4-2-7(10)3-5-8;1-2-3/h3-5,8,17H,6-7,9H2,1-2H3;2-4,7H,5-6,8H2,1H3,(H2,16,17,18);1-4H;2-5H2,1H3;2-3H,1H2/b15-13-;;;;. The van der Waals surface area contributed by atoms with E-state index in [1.807, 2.05) is 84.0 Å². The van der Waals surface area contributed by atoms with Crippen LogP contribution in [0.4, 0.5) is 22.9 Å². The average Bonchev–Trinajstić information content (AvgIpc) is 3.66. The fourth-order valence-electron chi connectivity index (χ4n) is 6.20. The number of piperidine rings is 2. The molecule has 3 amide bonds. The number of H-pyrrole nitrogens is 1. The molecule has 16 nitrogen and oxygen atoms in total. The maximum absolute atomic E-state index is 12.2. The van der Waals surface area contributed by atoms with Gasteiger partial charge in [0.2, 0.25) is 17.7 Å². The number of Topliss-reactive ketones (excluding diaryl/α,β-unsaturated/α-hetero) is 2. The van der Waals surface area contributed by atoms with Crippen LogP contribution in [0, 0.1) is 0 Å². The number of benzene rings is 3. The van der Waals surface area contributed by atoms with Crippen molar-refractivity contribution in [3.63, 3.8) is 0 Å². The number of hydrogen-bond donors (Lipinski definition) is 6. The third kappa shape index (κ3) is 18.5. The minimum atomic E-state index is 0.00269. The van der Waals surface area contributed by atoms with Gasteiger partial charge in [-0.3, -0.25) is 29.1 Å². The fourth-order valence-corrected chi connectivity index (χ4v) is 8.14.